The van der Waals surface area contributed by atoms with Crippen molar-refractivity contribution in [2.75, 3.05) is 44.7 Å². The molecule has 1 aromatic heterocycles. The van der Waals surface area contributed by atoms with E-state index in [9.17, 15) is 9.59 Å². The van der Waals surface area contributed by atoms with Gasteiger partial charge in [-0.15, -0.1) is 0 Å². The number of benzene rings is 2. The molecule has 1 fully saturated rings. The number of anilines is 1. The molecule has 0 bridgehead atoms. The molecule has 1 aliphatic heterocycles. The van der Waals surface area contributed by atoms with E-state index in [-0.39, 0.29) is 11.8 Å². The van der Waals surface area contributed by atoms with Crippen LogP contribution in [-0.4, -0.2) is 67.6 Å². The lowest BCUT2D eigenvalue weighted by Crippen LogP contribution is -2.52. The third kappa shape index (κ3) is 5.80. The number of amides is 1. The van der Waals surface area contributed by atoms with Crippen LogP contribution in [0.3, 0.4) is 0 Å². The minimum absolute atomic E-state index is 0.256. The molecule has 2 heterocycles. The van der Waals surface area contributed by atoms with Gasteiger partial charge in [0.1, 0.15) is 6.04 Å². The second kappa shape index (κ2) is 11.4. The number of esters is 1. The minimum Gasteiger partial charge on any atom is -0.467 e. The smallest absolute Gasteiger partial charge is 0.329 e. The molecule has 0 spiro atoms. The van der Waals surface area contributed by atoms with Crippen LogP contribution in [0.1, 0.15) is 21.8 Å². The van der Waals surface area contributed by atoms with Crippen LogP contribution < -0.4 is 10.2 Å². The molecule has 0 aliphatic carbocycles. The van der Waals surface area contributed by atoms with E-state index >= 15 is 0 Å². The Bertz CT molecular complexity index is 1060. The van der Waals surface area contributed by atoms with Crippen LogP contribution in [0.2, 0.25) is 0 Å². The van der Waals surface area contributed by atoms with E-state index in [1.165, 1.54) is 7.11 Å². The monoisotopic (exact) mass is 458 g/mol. The molecular weight excluding hydrogens is 428 g/mol. The minimum atomic E-state index is -0.807. The number of aromatic nitrogens is 1. The molecule has 2 aromatic carbocycles. The van der Waals surface area contributed by atoms with Crippen molar-refractivity contribution in [3.63, 3.8) is 0 Å². The average Bonchev–Trinajstić information content (AvgIpc) is 2.92. The molecule has 0 radical (unpaired) electrons. The van der Waals surface area contributed by atoms with E-state index in [0.717, 1.165) is 37.4 Å². The van der Waals surface area contributed by atoms with Gasteiger partial charge in [0.05, 0.1) is 7.11 Å². The number of pyridine rings is 1. The summed E-state index contributed by atoms with van der Waals surface area (Å²) in [6.45, 7) is 4.09. The first kappa shape index (κ1) is 23.4. The predicted molar refractivity (Wildman–Crippen MR) is 132 cm³/mol. The lowest BCUT2D eigenvalue weighted by atomic mass is 9.90. The molecule has 4 rings (SSSR count). The van der Waals surface area contributed by atoms with Crippen LogP contribution >= 0.6 is 0 Å². The highest BCUT2D eigenvalue weighted by Gasteiger charge is 2.34. The van der Waals surface area contributed by atoms with Crippen molar-refractivity contribution in [3.05, 3.63) is 96.3 Å². The molecule has 7 nitrogen and oxygen atoms in total. The van der Waals surface area contributed by atoms with Crippen molar-refractivity contribution < 1.29 is 14.3 Å². The molecule has 7 heteroatoms. The van der Waals surface area contributed by atoms with E-state index < -0.39 is 12.0 Å². The SMILES string of the molecule is COC(=O)C(NC(=O)c1ccccc1)C(CN1CCN(c2ccncc2)CC1)c1ccccc1. The summed E-state index contributed by atoms with van der Waals surface area (Å²) in [6, 6.07) is 22.0. The highest BCUT2D eigenvalue weighted by molar-refractivity contribution is 5.97. The maximum absolute atomic E-state index is 13.0. The molecular formula is C27H30N4O3. The Morgan fingerprint density at radius 2 is 1.53 bits per heavy atom. The van der Waals surface area contributed by atoms with Gasteiger partial charge in [-0.1, -0.05) is 48.5 Å². The maximum atomic E-state index is 13.0. The zero-order chi connectivity index (χ0) is 23.8. The zero-order valence-electron chi connectivity index (χ0n) is 19.3. The van der Waals surface area contributed by atoms with Crippen LogP contribution in [-0.2, 0) is 9.53 Å². The quantitative estimate of drug-likeness (QED) is 0.523. The van der Waals surface area contributed by atoms with Gasteiger partial charge in [0.25, 0.3) is 5.91 Å². The highest BCUT2D eigenvalue weighted by Crippen LogP contribution is 2.24. The second-order valence-electron chi connectivity index (χ2n) is 8.35. The zero-order valence-corrected chi connectivity index (χ0v) is 19.3. The number of nitrogens with zero attached hydrogens (tertiary/aromatic N) is 3. The first-order valence-corrected chi connectivity index (χ1v) is 11.5. The fourth-order valence-corrected chi connectivity index (χ4v) is 4.39. The molecule has 1 N–H and O–H groups in total. The fraction of sp³-hybridized carbons (Fsp3) is 0.296. The van der Waals surface area contributed by atoms with Crippen molar-refractivity contribution in [3.8, 4) is 0 Å². The van der Waals surface area contributed by atoms with Gasteiger partial charge in [0.15, 0.2) is 0 Å². The van der Waals surface area contributed by atoms with E-state index in [0.29, 0.717) is 12.1 Å². The Balaban J connectivity index is 1.52. The van der Waals surface area contributed by atoms with Crippen LogP contribution in [0, 0.1) is 0 Å². The summed E-state index contributed by atoms with van der Waals surface area (Å²) >= 11 is 0. The van der Waals surface area contributed by atoms with Gasteiger partial charge in [-0.05, 0) is 29.8 Å². The molecule has 1 amide bonds. The average molecular weight is 459 g/mol. The lowest BCUT2D eigenvalue weighted by molar-refractivity contribution is -0.143. The van der Waals surface area contributed by atoms with Gasteiger partial charge in [-0.3, -0.25) is 14.7 Å². The largest absolute Gasteiger partial charge is 0.467 e. The number of hydrogen-bond acceptors (Lipinski definition) is 6. The van der Waals surface area contributed by atoms with Gasteiger partial charge >= 0.3 is 5.97 Å². The Labute approximate surface area is 200 Å². The summed E-state index contributed by atoms with van der Waals surface area (Å²) in [7, 11) is 1.36. The van der Waals surface area contributed by atoms with Crippen LogP contribution in [0.25, 0.3) is 0 Å². The normalized spacial score (nSPS) is 15.9. The molecule has 1 aliphatic rings. The van der Waals surface area contributed by atoms with Gasteiger partial charge in [-0.25, -0.2) is 4.79 Å². The maximum Gasteiger partial charge on any atom is 0.329 e. The number of rotatable bonds is 8. The number of piperazine rings is 1. The third-order valence-electron chi connectivity index (χ3n) is 6.26. The summed E-state index contributed by atoms with van der Waals surface area (Å²) in [5.74, 6) is -0.998. The van der Waals surface area contributed by atoms with E-state index in [1.54, 1.807) is 24.3 Å². The number of methoxy groups -OCH3 is 1. The van der Waals surface area contributed by atoms with E-state index in [4.69, 9.17) is 4.74 Å². The molecule has 176 valence electrons. The summed E-state index contributed by atoms with van der Waals surface area (Å²) in [4.78, 5) is 34.6. The molecule has 3 aromatic rings. The Hall–Kier alpha value is -3.71. The standard InChI is InChI=1S/C27H30N4O3/c1-34-27(33)25(29-26(32)22-10-6-3-7-11-22)24(21-8-4-2-5-9-21)20-30-16-18-31(19-17-30)23-12-14-28-15-13-23/h2-15,24-25H,16-20H2,1H3,(H,29,32). The summed E-state index contributed by atoms with van der Waals surface area (Å²) in [5, 5.41) is 2.95. The Morgan fingerprint density at radius 1 is 0.912 bits per heavy atom. The van der Waals surface area contributed by atoms with Crippen LogP contribution in [0.4, 0.5) is 5.69 Å². The number of ether oxygens (including phenoxy) is 1. The van der Waals surface area contributed by atoms with Crippen molar-refractivity contribution >= 4 is 17.6 Å². The topological polar surface area (TPSA) is 74.8 Å². The van der Waals surface area contributed by atoms with Crippen molar-refractivity contribution in [2.45, 2.75) is 12.0 Å². The van der Waals surface area contributed by atoms with Gasteiger partial charge < -0.3 is 15.0 Å². The molecule has 34 heavy (non-hydrogen) atoms. The Morgan fingerprint density at radius 3 is 2.15 bits per heavy atom. The highest BCUT2D eigenvalue weighted by atomic mass is 16.5. The Kier molecular flexibility index (Phi) is 7.88. The van der Waals surface area contributed by atoms with Crippen molar-refractivity contribution in [1.29, 1.82) is 0 Å². The predicted octanol–water partition coefficient (Wildman–Crippen LogP) is 2.96. The first-order valence-electron chi connectivity index (χ1n) is 11.5. The van der Waals surface area contributed by atoms with Crippen molar-refractivity contribution in [2.24, 2.45) is 0 Å². The number of carbonyl (C=O) groups is 2. The molecule has 2 unspecified atom stereocenters. The van der Waals surface area contributed by atoms with Gasteiger partial charge in [0.2, 0.25) is 0 Å². The summed E-state index contributed by atoms with van der Waals surface area (Å²) in [5.41, 5.74) is 2.66. The fourth-order valence-electron chi connectivity index (χ4n) is 4.39. The summed E-state index contributed by atoms with van der Waals surface area (Å²) < 4.78 is 5.13. The molecule has 2 atom stereocenters. The van der Waals surface area contributed by atoms with Crippen LogP contribution in [0.15, 0.2) is 85.2 Å². The number of carbonyl (C=O) groups excluding carboxylic acids is 2. The van der Waals surface area contributed by atoms with Crippen molar-refractivity contribution in [1.82, 2.24) is 15.2 Å². The summed E-state index contributed by atoms with van der Waals surface area (Å²) in [6.07, 6.45) is 3.62. The van der Waals surface area contributed by atoms with Gasteiger partial charge in [-0.2, -0.15) is 0 Å². The molecule has 1 saturated heterocycles. The third-order valence-corrected chi connectivity index (χ3v) is 6.26. The lowest BCUT2D eigenvalue weighted by Gasteiger charge is -2.38. The van der Waals surface area contributed by atoms with E-state index in [2.05, 4.69) is 20.1 Å². The first-order chi connectivity index (χ1) is 16.7. The van der Waals surface area contributed by atoms with Crippen LogP contribution in [0.5, 0.6) is 0 Å². The second-order valence-corrected chi connectivity index (χ2v) is 8.35. The van der Waals surface area contributed by atoms with Gasteiger partial charge in [0, 0.05) is 62.3 Å². The molecule has 0 saturated carbocycles. The number of hydrogen-bond donors (Lipinski definition) is 1. The van der Waals surface area contributed by atoms with E-state index in [1.807, 2.05) is 60.9 Å². The number of nitrogens with one attached hydrogen (secondary N) is 1.